The molecule has 2 N–H and O–H groups in total. The van der Waals surface area contributed by atoms with Crippen molar-refractivity contribution < 1.29 is 9.63 Å². The van der Waals surface area contributed by atoms with Crippen molar-refractivity contribution in [3.05, 3.63) is 0 Å². The van der Waals surface area contributed by atoms with Crippen molar-refractivity contribution >= 4 is 5.91 Å². The summed E-state index contributed by atoms with van der Waals surface area (Å²) in [6.45, 7) is 1.86. The molecular formula is C13H24N2O2. The van der Waals surface area contributed by atoms with Gasteiger partial charge >= 0.3 is 0 Å². The molecular weight excluding hydrogens is 216 g/mol. The lowest BCUT2D eigenvalue weighted by molar-refractivity contribution is -0.129. The quantitative estimate of drug-likeness (QED) is 0.722. The summed E-state index contributed by atoms with van der Waals surface area (Å²) >= 11 is 0. The maximum absolute atomic E-state index is 11.9. The van der Waals surface area contributed by atoms with Crippen molar-refractivity contribution in [1.29, 1.82) is 0 Å². The van der Waals surface area contributed by atoms with E-state index in [2.05, 4.69) is 10.8 Å². The predicted molar refractivity (Wildman–Crippen MR) is 66.3 cm³/mol. The third kappa shape index (κ3) is 3.96. The third-order valence-corrected chi connectivity index (χ3v) is 3.81. The fraction of sp³-hybridized carbons (Fsp3) is 0.923. The van der Waals surface area contributed by atoms with E-state index in [1.807, 2.05) is 6.92 Å². The van der Waals surface area contributed by atoms with Crippen LogP contribution < -0.4 is 10.8 Å². The number of nitrogens with one attached hydrogen (secondary N) is 2. The Morgan fingerprint density at radius 1 is 1.12 bits per heavy atom. The Hall–Kier alpha value is -0.610. The zero-order valence-electron chi connectivity index (χ0n) is 10.7. The van der Waals surface area contributed by atoms with E-state index in [-0.39, 0.29) is 11.9 Å². The second-order valence-electron chi connectivity index (χ2n) is 5.35. The smallest absolute Gasteiger partial charge is 0.239 e. The van der Waals surface area contributed by atoms with Gasteiger partial charge in [-0.25, -0.2) is 0 Å². The second-order valence-corrected chi connectivity index (χ2v) is 5.35. The van der Waals surface area contributed by atoms with Gasteiger partial charge in [0.05, 0.1) is 6.10 Å². The second kappa shape index (κ2) is 6.36. The number of rotatable bonds is 5. The van der Waals surface area contributed by atoms with Crippen LogP contribution in [0.4, 0.5) is 0 Å². The minimum atomic E-state index is -0.254. The summed E-state index contributed by atoms with van der Waals surface area (Å²) in [5, 5.41) is 3.07. The van der Waals surface area contributed by atoms with E-state index < -0.39 is 0 Å². The van der Waals surface area contributed by atoms with E-state index in [9.17, 15) is 4.79 Å². The molecule has 98 valence electrons. The van der Waals surface area contributed by atoms with Crippen LogP contribution in [-0.2, 0) is 9.63 Å². The molecule has 0 aromatic rings. The molecule has 1 amide bonds. The van der Waals surface area contributed by atoms with Gasteiger partial charge in [0, 0.05) is 6.04 Å². The van der Waals surface area contributed by atoms with Crippen LogP contribution >= 0.6 is 0 Å². The Morgan fingerprint density at radius 3 is 2.35 bits per heavy atom. The van der Waals surface area contributed by atoms with Gasteiger partial charge in [-0.05, 0) is 32.6 Å². The average Bonchev–Trinajstić information content (AvgIpc) is 2.98. The predicted octanol–water partition coefficient (Wildman–Crippen LogP) is 1.90. The maximum atomic E-state index is 11.9. The van der Waals surface area contributed by atoms with Gasteiger partial charge in [0.1, 0.15) is 6.04 Å². The molecule has 0 aromatic heterocycles. The lowest BCUT2D eigenvalue weighted by atomic mass is 10.2. The maximum Gasteiger partial charge on any atom is 0.239 e. The van der Waals surface area contributed by atoms with E-state index in [0.717, 1.165) is 25.7 Å². The van der Waals surface area contributed by atoms with Crippen molar-refractivity contribution in [3.8, 4) is 0 Å². The van der Waals surface area contributed by atoms with Gasteiger partial charge in [-0.2, -0.15) is 5.48 Å². The van der Waals surface area contributed by atoms with Crippen LogP contribution in [0.15, 0.2) is 0 Å². The zero-order chi connectivity index (χ0) is 12.1. The Balaban J connectivity index is 1.63. The SMILES string of the molecule is CC(NOC1CCCC1)C(=O)NC1CCCC1. The molecule has 1 unspecified atom stereocenters. The van der Waals surface area contributed by atoms with Crippen LogP contribution in [0.5, 0.6) is 0 Å². The number of hydroxylamine groups is 1. The summed E-state index contributed by atoms with van der Waals surface area (Å²) in [4.78, 5) is 17.4. The molecule has 1 atom stereocenters. The zero-order valence-corrected chi connectivity index (χ0v) is 10.7. The summed E-state index contributed by atoms with van der Waals surface area (Å²) in [6, 6.07) is 0.134. The van der Waals surface area contributed by atoms with Crippen LogP contribution in [0.25, 0.3) is 0 Å². The van der Waals surface area contributed by atoms with E-state index in [0.29, 0.717) is 12.1 Å². The van der Waals surface area contributed by atoms with E-state index in [1.165, 1.54) is 25.7 Å². The van der Waals surface area contributed by atoms with Crippen LogP contribution in [0.3, 0.4) is 0 Å². The number of hydrogen-bond donors (Lipinski definition) is 2. The summed E-state index contributed by atoms with van der Waals surface area (Å²) < 4.78 is 0. The van der Waals surface area contributed by atoms with Gasteiger partial charge in [-0.1, -0.05) is 25.7 Å². The number of amides is 1. The minimum absolute atomic E-state index is 0.0647. The molecule has 17 heavy (non-hydrogen) atoms. The molecule has 0 bridgehead atoms. The molecule has 2 aliphatic carbocycles. The van der Waals surface area contributed by atoms with Crippen LogP contribution in [-0.4, -0.2) is 24.1 Å². The van der Waals surface area contributed by atoms with E-state index in [1.54, 1.807) is 0 Å². The molecule has 0 aliphatic heterocycles. The highest BCUT2D eigenvalue weighted by Crippen LogP contribution is 2.20. The molecule has 0 aromatic carbocycles. The largest absolute Gasteiger partial charge is 0.352 e. The number of hydrogen-bond acceptors (Lipinski definition) is 3. The van der Waals surface area contributed by atoms with Crippen molar-refractivity contribution in [2.75, 3.05) is 0 Å². The van der Waals surface area contributed by atoms with Crippen molar-refractivity contribution in [2.45, 2.75) is 76.5 Å². The Kier molecular flexibility index (Phi) is 4.80. The Labute approximate surface area is 103 Å². The fourth-order valence-corrected chi connectivity index (χ4v) is 2.65. The first kappa shape index (κ1) is 12.8. The molecule has 0 saturated heterocycles. The first-order chi connectivity index (χ1) is 8.25. The molecule has 4 heteroatoms. The molecule has 0 radical (unpaired) electrons. The number of carbonyl (C=O) groups excluding carboxylic acids is 1. The van der Waals surface area contributed by atoms with Gasteiger partial charge < -0.3 is 5.32 Å². The first-order valence-electron chi connectivity index (χ1n) is 6.97. The lowest BCUT2D eigenvalue weighted by Gasteiger charge is -2.19. The molecule has 2 aliphatic rings. The van der Waals surface area contributed by atoms with Crippen LogP contribution in [0.2, 0.25) is 0 Å². The molecule has 0 heterocycles. The van der Waals surface area contributed by atoms with Gasteiger partial charge in [-0.3, -0.25) is 9.63 Å². The van der Waals surface area contributed by atoms with E-state index in [4.69, 9.17) is 4.84 Å². The molecule has 4 nitrogen and oxygen atoms in total. The molecule has 2 saturated carbocycles. The molecule has 2 rings (SSSR count). The molecule has 2 fully saturated rings. The Morgan fingerprint density at radius 2 is 1.71 bits per heavy atom. The summed E-state index contributed by atoms with van der Waals surface area (Å²) in [5.74, 6) is 0.0647. The summed E-state index contributed by atoms with van der Waals surface area (Å²) in [5.41, 5.74) is 2.89. The monoisotopic (exact) mass is 240 g/mol. The highest BCUT2D eigenvalue weighted by Gasteiger charge is 2.22. The van der Waals surface area contributed by atoms with Crippen LogP contribution in [0.1, 0.15) is 58.3 Å². The highest BCUT2D eigenvalue weighted by atomic mass is 16.7. The van der Waals surface area contributed by atoms with Crippen molar-refractivity contribution in [3.63, 3.8) is 0 Å². The third-order valence-electron chi connectivity index (χ3n) is 3.81. The van der Waals surface area contributed by atoms with Gasteiger partial charge in [-0.15, -0.1) is 0 Å². The highest BCUT2D eigenvalue weighted by molar-refractivity contribution is 5.81. The van der Waals surface area contributed by atoms with Crippen LogP contribution in [0, 0.1) is 0 Å². The van der Waals surface area contributed by atoms with E-state index >= 15 is 0 Å². The Bertz CT molecular complexity index is 246. The van der Waals surface area contributed by atoms with Gasteiger partial charge in [0.25, 0.3) is 0 Å². The van der Waals surface area contributed by atoms with Crippen molar-refractivity contribution in [2.24, 2.45) is 0 Å². The summed E-state index contributed by atoms with van der Waals surface area (Å²) in [7, 11) is 0. The fourth-order valence-electron chi connectivity index (χ4n) is 2.65. The van der Waals surface area contributed by atoms with Gasteiger partial charge in [0.2, 0.25) is 5.91 Å². The van der Waals surface area contributed by atoms with Crippen molar-refractivity contribution in [1.82, 2.24) is 10.8 Å². The topological polar surface area (TPSA) is 50.4 Å². The standard InChI is InChI=1S/C13H24N2O2/c1-10(15-17-12-8-4-5-9-12)13(16)14-11-6-2-3-7-11/h10-12,15H,2-9H2,1H3,(H,14,16). The lowest BCUT2D eigenvalue weighted by Crippen LogP contribution is -2.46. The normalized spacial score (nSPS) is 24.1. The van der Waals surface area contributed by atoms with Gasteiger partial charge in [0.15, 0.2) is 0 Å². The summed E-state index contributed by atoms with van der Waals surface area (Å²) in [6.07, 6.45) is 9.76. The number of carbonyl (C=O) groups is 1. The molecule has 0 spiro atoms. The first-order valence-corrected chi connectivity index (χ1v) is 6.97. The minimum Gasteiger partial charge on any atom is -0.352 e. The average molecular weight is 240 g/mol.